The van der Waals surface area contributed by atoms with E-state index in [1.807, 2.05) is 30.3 Å². The molecule has 0 atom stereocenters. The summed E-state index contributed by atoms with van der Waals surface area (Å²) in [4.78, 5) is 23.2. The van der Waals surface area contributed by atoms with E-state index in [0.717, 1.165) is 5.56 Å². The Morgan fingerprint density at radius 3 is 1.33 bits per heavy atom. The first kappa shape index (κ1) is 23.4. The van der Waals surface area contributed by atoms with Gasteiger partial charge in [-0.3, -0.25) is 26.9 Å². The molecule has 3 nitrogen and oxygen atoms in total. The Balaban J connectivity index is -0.0000000755. The maximum absolute atomic E-state index is 7.75. The molecule has 0 fully saturated rings. The van der Waals surface area contributed by atoms with Gasteiger partial charge in [0.1, 0.15) is 0 Å². The molecule has 0 aliphatic carbocycles. The van der Waals surface area contributed by atoms with Crippen molar-refractivity contribution in [3.63, 3.8) is 0 Å². The van der Waals surface area contributed by atoms with Crippen molar-refractivity contribution in [2.45, 2.75) is 0 Å². The van der Waals surface area contributed by atoms with Gasteiger partial charge in [0, 0.05) is 0 Å². The molecule has 0 N–H and O–H groups in total. The number of carbonyl (C=O) groups excluding carboxylic acids is 3. The molecule has 15 heavy (non-hydrogen) atoms. The summed E-state index contributed by atoms with van der Waals surface area (Å²) in [5.74, 6) is 0. The van der Waals surface area contributed by atoms with Gasteiger partial charge in [-0.05, 0) is 0 Å². The fourth-order valence-corrected chi connectivity index (χ4v) is 0.564. The Hall–Kier alpha value is -1.50. The van der Waals surface area contributed by atoms with Crippen LogP contribution in [0, 0.1) is 6.58 Å². The first-order valence-electron chi connectivity index (χ1n) is 3.24. The molecule has 1 rings (SSSR count). The molecule has 4 heteroatoms. The van der Waals surface area contributed by atoms with Crippen LogP contribution in [0.1, 0.15) is 5.56 Å². The summed E-state index contributed by atoms with van der Waals surface area (Å²) in [6, 6.07) is 9.80. The van der Waals surface area contributed by atoms with Gasteiger partial charge in [0.25, 0.3) is 0 Å². The van der Waals surface area contributed by atoms with Gasteiger partial charge >= 0.3 is 17.4 Å². The maximum atomic E-state index is 7.75. The van der Waals surface area contributed by atoms with Crippen molar-refractivity contribution in [2.24, 2.45) is 0 Å². The quantitative estimate of drug-likeness (QED) is 0.551. The van der Waals surface area contributed by atoms with Gasteiger partial charge in [-0.2, -0.15) is 5.56 Å². The van der Waals surface area contributed by atoms with Crippen LogP contribution in [-0.2, 0) is 31.7 Å². The fourth-order valence-electron chi connectivity index (χ4n) is 0.564. The summed E-state index contributed by atoms with van der Waals surface area (Å²) in [5.41, 5.74) is 1.06. The number of rotatable bonds is 1. The molecule has 0 saturated heterocycles. The molecule has 0 radical (unpaired) electrons. The summed E-state index contributed by atoms with van der Waals surface area (Å²) >= 11 is 0. The number of hydrogen-bond donors (Lipinski definition) is 0. The van der Waals surface area contributed by atoms with E-state index in [0.29, 0.717) is 0 Å². The minimum absolute atomic E-state index is 0. The molecular formula is C11H10CrO3. The predicted molar refractivity (Wildman–Crippen MR) is 55.5 cm³/mol. The van der Waals surface area contributed by atoms with E-state index in [1.54, 1.807) is 6.08 Å². The van der Waals surface area contributed by atoms with E-state index in [1.165, 1.54) is 0 Å². The van der Waals surface area contributed by atoms with E-state index in [2.05, 4.69) is 20.4 Å². The summed E-state index contributed by atoms with van der Waals surface area (Å²) in [5, 5.41) is 0. The van der Waals surface area contributed by atoms with Gasteiger partial charge in [-0.1, -0.05) is 18.2 Å². The van der Waals surface area contributed by atoms with Crippen LogP contribution >= 0.6 is 0 Å². The summed E-state index contributed by atoms with van der Waals surface area (Å²) in [6.07, 6.45) is 1.58. The minimum atomic E-state index is 0. The molecule has 1 aromatic carbocycles. The van der Waals surface area contributed by atoms with Crippen molar-refractivity contribution in [3.8, 4) is 0 Å². The van der Waals surface area contributed by atoms with E-state index in [-0.39, 0.29) is 17.4 Å². The Kier molecular flexibility index (Phi) is 45.8. The zero-order valence-electron chi connectivity index (χ0n) is 7.91. The molecule has 0 amide bonds. The first-order valence-corrected chi connectivity index (χ1v) is 3.24. The summed E-state index contributed by atoms with van der Waals surface area (Å²) in [6.45, 7) is 15.0. The first-order chi connectivity index (χ1) is 6.93. The molecule has 78 valence electrons. The van der Waals surface area contributed by atoms with Crippen LogP contribution < -0.4 is 0 Å². The second kappa shape index (κ2) is 29.4. The van der Waals surface area contributed by atoms with E-state index in [4.69, 9.17) is 21.0 Å². The molecule has 0 aromatic heterocycles. The third kappa shape index (κ3) is 19.1. The standard InChI is InChI=1S/C8H7.3CHO.Cr/c1-2-8-6-4-3-5-7-8;3*1-2;/h1-7H;3*1H;/q4*-1;+4. The monoisotopic (exact) mass is 242 g/mol. The van der Waals surface area contributed by atoms with Crippen LogP contribution in [-0.4, -0.2) is 20.4 Å². The molecule has 0 unspecified atom stereocenters. The van der Waals surface area contributed by atoms with E-state index >= 15 is 0 Å². The summed E-state index contributed by atoms with van der Waals surface area (Å²) < 4.78 is 0. The maximum Gasteiger partial charge on any atom is 4.00 e. The van der Waals surface area contributed by atoms with E-state index < -0.39 is 0 Å². The van der Waals surface area contributed by atoms with Crippen LogP contribution in [0.2, 0.25) is 0 Å². The average molecular weight is 242 g/mol. The zero-order chi connectivity index (χ0) is 11.8. The van der Waals surface area contributed by atoms with Crippen LogP contribution in [0.25, 0.3) is 6.08 Å². The van der Waals surface area contributed by atoms with Gasteiger partial charge in [0.15, 0.2) is 0 Å². The van der Waals surface area contributed by atoms with Gasteiger partial charge in [-0.15, -0.1) is 12.1 Å². The average Bonchev–Trinajstić information content (AvgIpc) is 2.37. The molecule has 0 bridgehead atoms. The van der Waals surface area contributed by atoms with Crippen molar-refractivity contribution >= 4 is 26.4 Å². The largest absolute Gasteiger partial charge is 4.00 e. The van der Waals surface area contributed by atoms with E-state index in [9.17, 15) is 0 Å². The summed E-state index contributed by atoms with van der Waals surface area (Å²) in [7, 11) is 0. The van der Waals surface area contributed by atoms with Crippen molar-refractivity contribution in [1.29, 1.82) is 0 Å². The van der Waals surface area contributed by atoms with Gasteiger partial charge in [0.05, 0.1) is 0 Å². The van der Waals surface area contributed by atoms with Gasteiger partial charge in [0.2, 0.25) is 0 Å². The van der Waals surface area contributed by atoms with Crippen molar-refractivity contribution in [1.82, 2.24) is 0 Å². The third-order valence-electron chi connectivity index (χ3n) is 0.992. The second-order valence-electron chi connectivity index (χ2n) is 1.58. The minimum Gasteiger partial charge on any atom is -0.545 e. The fraction of sp³-hybridized carbons (Fsp3) is 0. The van der Waals surface area contributed by atoms with Gasteiger partial charge < -0.3 is 14.4 Å². The Labute approximate surface area is 101 Å². The molecular weight excluding hydrogens is 232 g/mol. The zero-order valence-corrected chi connectivity index (χ0v) is 9.18. The molecule has 0 saturated carbocycles. The molecule has 0 aliphatic rings. The molecule has 0 spiro atoms. The molecule has 0 aliphatic heterocycles. The van der Waals surface area contributed by atoms with Crippen molar-refractivity contribution < 1.29 is 31.7 Å². The molecule has 1 aromatic rings. The smallest absolute Gasteiger partial charge is 0.545 e. The predicted octanol–water partition coefficient (Wildman–Crippen LogP) is 1.31. The number of benzene rings is 1. The SMILES string of the molecule is [CH-]=Cc1ccccc1.[CH-]=O.[CH-]=O.[CH-]=O.[Cr+4]. The Bertz CT molecular complexity index is 210. The molecule has 0 heterocycles. The van der Waals surface area contributed by atoms with Crippen LogP contribution in [0.5, 0.6) is 0 Å². The van der Waals surface area contributed by atoms with Crippen molar-refractivity contribution in [2.75, 3.05) is 0 Å². The van der Waals surface area contributed by atoms with Crippen LogP contribution in [0.3, 0.4) is 0 Å². The normalized spacial score (nSPS) is 5.33. The Morgan fingerprint density at radius 2 is 1.13 bits per heavy atom. The topological polar surface area (TPSA) is 51.2 Å². The number of hydrogen-bond acceptors (Lipinski definition) is 3. The Morgan fingerprint density at radius 1 is 0.800 bits per heavy atom. The second-order valence-corrected chi connectivity index (χ2v) is 1.58. The van der Waals surface area contributed by atoms with Crippen LogP contribution in [0.15, 0.2) is 30.3 Å². The van der Waals surface area contributed by atoms with Gasteiger partial charge in [-0.25, -0.2) is 6.08 Å². The van der Waals surface area contributed by atoms with Crippen molar-refractivity contribution in [3.05, 3.63) is 42.5 Å². The third-order valence-corrected chi connectivity index (χ3v) is 0.992. The van der Waals surface area contributed by atoms with Crippen LogP contribution in [0.4, 0.5) is 0 Å².